The van der Waals surface area contributed by atoms with E-state index in [1.54, 1.807) is 43.3 Å². The molecular formula is C22H17FN2O3S. The Morgan fingerprint density at radius 1 is 1.07 bits per heavy atom. The quantitative estimate of drug-likeness (QED) is 0.633. The fourth-order valence-corrected chi connectivity index (χ4v) is 3.37. The van der Waals surface area contributed by atoms with Crippen LogP contribution in [0.2, 0.25) is 0 Å². The van der Waals surface area contributed by atoms with Gasteiger partial charge in [0.05, 0.1) is 12.1 Å². The van der Waals surface area contributed by atoms with Crippen molar-refractivity contribution >= 4 is 23.2 Å². The maximum Gasteiger partial charge on any atom is 0.307 e. The second-order valence-electron chi connectivity index (χ2n) is 6.26. The SMILES string of the molecule is Cc1nc(C#Cc2ccc(CC(=O)O)cc2)sc1C(=O)NCc1ccc(F)cc1. The average molecular weight is 408 g/mol. The van der Waals surface area contributed by atoms with Crippen molar-refractivity contribution in [3.8, 4) is 11.8 Å². The van der Waals surface area contributed by atoms with Gasteiger partial charge in [-0.1, -0.05) is 30.2 Å². The molecule has 0 unspecified atom stereocenters. The van der Waals surface area contributed by atoms with Gasteiger partial charge in [0.15, 0.2) is 5.01 Å². The highest BCUT2D eigenvalue weighted by molar-refractivity contribution is 7.14. The Hall–Kier alpha value is -3.50. The van der Waals surface area contributed by atoms with E-state index in [0.717, 1.165) is 11.1 Å². The van der Waals surface area contributed by atoms with Crippen molar-refractivity contribution < 1.29 is 19.1 Å². The summed E-state index contributed by atoms with van der Waals surface area (Å²) in [5, 5.41) is 12.1. The zero-order chi connectivity index (χ0) is 20.8. The standard InChI is InChI=1S/C22H17FN2O3S/c1-14-21(22(28)24-13-17-6-9-18(23)10-7-17)29-19(25-14)11-8-15-2-4-16(5-3-15)12-20(26)27/h2-7,9-10H,12-13H2,1H3,(H,24,28)(H,26,27). The molecule has 5 nitrogen and oxygen atoms in total. The molecule has 1 aromatic heterocycles. The topological polar surface area (TPSA) is 79.3 Å². The van der Waals surface area contributed by atoms with Gasteiger partial charge in [0.1, 0.15) is 10.7 Å². The molecule has 2 aromatic carbocycles. The Kier molecular flexibility index (Phi) is 6.37. The number of benzene rings is 2. The molecule has 1 heterocycles. The second-order valence-corrected chi connectivity index (χ2v) is 7.26. The maximum atomic E-state index is 12.9. The van der Waals surface area contributed by atoms with Gasteiger partial charge in [-0.25, -0.2) is 9.37 Å². The Bertz CT molecular complexity index is 1090. The van der Waals surface area contributed by atoms with Crippen LogP contribution in [0.4, 0.5) is 4.39 Å². The number of halogens is 1. The molecule has 0 saturated heterocycles. The lowest BCUT2D eigenvalue weighted by Crippen LogP contribution is -2.22. The number of rotatable bonds is 5. The molecule has 0 fully saturated rings. The third-order valence-corrected chi connectivity index (χ3v) is 5.06. The average Bonchev–Trinajstić information content (AvgIpc) is 3.07. The Morgan fingerprint density at radius 3 is 2.38 bits per heavy atom. The van der Waals surface area contributed by atoms with Crippen LogP contribution in [0.5, 0.6) is 0 Å². The van der Waals surface area contributed by atoms with Crippen LogP contribution in [0.1, 0.15) is 37.1 Å². The van der Waals surface area contributed by atoms with Gasteiger partial charge in [0.2, 0.25) is 0 Å². The molecule has 29 heavy (non-hydrogen) atoms. The molecule has 0 aliphatic rings. The number of carboxylic acid groups (broad SMARTS) is 1. The zero-order valence-corrected chi connectivity index (χ0v) is 16.3. The number of nitrogens with zero attached hydrogens (tertiary/aromatic N) is 1. The van der Waals surface area contributed by atoms with Crippen LogP contribution in [-0.2, 0) is 17.8 Å². The van der Waals surface area contributed by atoms with E-state index in [0.29, 0.717) is 27.7 Å². The summed E-state index contributed by atoms with van der Waals surface area (Å²) in [5.74, 6) is 4.45. The van der Waals surface area contributed by atoms with Gasteiger partial charge in [-0.05, 0) is 48.2 Å². The van der Waals surface area contributed by atoms with Crippen LogP contribution >= 0.6 is 11.3 Å². The minimum atomic E-state index is -0.882. The van der Waals surface area contributed by atoms with Crippen molar-refractivity contribution in [3.05, 3.63) is 86.6 Å². The molecule has 3 aromatic rings. The van der Waals surface area contributed by atoms with E-state index >= 15 is 0 Å². The predicted octanol–water partition coefficient (Wildman–Crippen LogP) is 3.55. The van der Waals surface area contributed by atoms with Gasteiger partial charge in [0.25, 0.3) is 5.91 Å². The van der Waals surface area contributed by atoms with Crippen LogP contribution in [0, 0.1) is 24.6 Å². The van der Waals surface area contributed by atoms with Crippen LogP contribution in [0.25, 0.3) is 0 Å². The normalized spacial score (nSPS) is 10.1. The van der Waals surface area contributed by atoms with E-state index in [1.165, 1.54) is 23.5 Å². The number of amides is 1. The van der Waals surface area contributed by atoms with E-state index in [2.05, 4.69) is 22.1 Å². The molecule has 2 N–H and O–H groups in total. The first-order chi connectivity index (χ1) is 13.9. The monoisotopic (exact) mass is 408 g/mol. The van der Waals surface area contributed by atoms with E-state index in [4.69, 9.17) is 5.11 Å². The molecule has 0 spiro atoms. The summed E-state index contributed by atoms with van der Waals surface area (Å²) in [7, 11) is 0. The van der Waals surface area contributed by atoms with E-state index in [-0.39, 0.29) is 18.1 Å². The fourth-order valence-electron chi connectivity index (χ4n) is 2.53. The van der Waals surface area contributed by atoms with Gasteiger partial charge >= 0.3 is 5.97 Å². The third kappa shape index (κ3) is 5.74. The first kappa shape index (κ1) is 20.2. The van der Waals surface area contributed by atoms with E-state index in [1.807, 2.05) is 0 Å². The van der Waals surface area contributed by atoms with Crippen LogP contribution < -0.4 is 5.32 Å². The number of hydrogen-bond acceptors (Lipinski definition) is 4. The molecule has 146 valence electrons. The Balaban J connectivity index is 1.65. The maximum absolute atomic E-state index is 12.9. The molecule has 3 rings (SSSR count). The number of thiazole rings is 1. The van der Waals surface area contributed by atoms with Gasteiger partial charge in [-0.3, -0.25) is 9.59 Å². The number of nitrogens with one attached hydrogen (secondary N) is 1. The first-order valence-corrected chi connectivity index (χ1v) is 9.55. The number of aromatic nitrogens is 1. The second kappa shape index (κ2) is 9.13. The highest BCUT2D eigenvalue weighted by Gasteiger charge is 2.14. The van der Waals surface area contributed by atoms with Gasteiger partial charge in [-0.15, -0.1) is 11.3 Å². The molecule has 1 amide bonds. The molecular weight excluding hydrogens is 391 g/mol. The fraction of sp³-hybridized carbons (Fsp3) is 0.136. The van der Waals surface area contributed by atoms with Gasteiger partial charge in [-0.2, -0.15) is 0 Å². The summed E-state index contributed by atoms with van der Waals surface area (Å²) in [6.07, 6.45) is -0.0320. The van der Waals surface area contributed by atoms with E-state index in [9.17, 15) is 14.0 Å². The number of carbonyl (C=O) groups excluding carboxylic acids is 1. The number of hydrogen-bond donors (Lipinski definition) is 2. The zero-order valence-electron chi connectivity index (χ0n) is 15.5. The van der Waals surface area contributed by atoms with Crippen LogP contribution in [-0.4, -0.2) is 22.0 Å². The van der Waals surface area contributed by atoms with E-state index < -0.39 is 5.97 Å². The molecule has 0 atom stereocenters. The van der Waals surface area contributed by atoms with Crippen molar-refractivity contribution in [3.63, 3.8) is 0 Å². The lowest BCUT2D eigenvalue weighted by molar-refractivity contribution is -0.136. The Morgan fingerprint density at radius 2 is 1.72 bits per heavy atom. The van der Waals surface area contributed by atoms with Crippen LogP contribution in [0.15, 0.2) is 48.5 Å². The van der Waals surface area contributed by atoms with Crippen molar-refractivity contribution in [1.82, 2.24) is 10.3 Å². The summed E-state index contributed by atoms with van der Waals surface area (Å²) >= 11 is 1.20. The number of carbonyl (C=O) groups is 2. The van der Waals surface area contributed by atoms with Crippen molar-refractivity contribution in [2.24, 2.45) is 0 Å². The van der Waals surface area contributed by atoms with Gasteiger partial charge < -0.3 is 10.4 Å². The smallest absolute Gasteiger partial charge is 0.307 e. The Labute approximate surface area is 171 Å². The molecule has 0 saturated carbocycles. The van der Waals surface area contributed by atoms with Crippen LogP contribution in [0.3, 0.4) is 0 Å². The molecule has 0 radical (unpaired) electrons. The molecule has 0 aliphatic heterocycles. The summed E-state index contributed by atoms with van der Waals surface area (Å²) in [6.45, 7) is 2.04. The summed E-state index contributed by atoms with van der Waals surface area (Å²) in [6, 6.07) is 12.9. The molecule has 7 heteroatoms. The highest BCUT2D eigenvalue weighted by atomic mass is 32.1. The number of carboxylic acids is 1. The van der Waals surface area contributed by atoms with Crippen molar-refractivity contribution in [1.29, 1.82) is 0 Å². The van der Waals surface area contributed by atoms with Crippen molar-refractivity contribution in [2.75, 3.05) is 0 Å². The largest absolute Gasteiger partial charge is 0.481 e. The van der Waals surface area contributed by atoms with Crippen molar-refractivity contribution in [2.45, 2.75) is 19.9 Å². The minimum Gasteiger partial charge on any atom is -0.481 e. The predicted molar refractivity (Wildman–Crippen MR) is 108 cm³/mol. The first-order valence-electron chi connectivity index (χ1n) is 8.73. The third-order valence-electron chi connectivity index (χ3n) is 3.99. The molecule has 0 bridgehead atoms. The minimum absolute atomic E-state index is 0.0320. The van der Waals surface area contributed by atoms with Gasteiger partial charge in [0, 0.05) is 12.1 Å². The lowest BCUT2D eigenvalue weighted by Gasteiger charge is -2.04. The number of aryl methyl sites for hydroxylation is 1. The number of aliphatic carboxylic acids is 1. The lowest BCUT2D eigenvalue weighted by atomic mass is 10.1. The summed E-state index contributed by atoms with van der Waals surface area (Å²) in [5.41, 5.74) is 2.82. The summed E-state index contributed by atoms with van der Waals surface area (Å²) < 4.78 is 12.9. The summed E-state index contributed by atoms with van der Waals surface area (Å²) in [4.78, 5) is 27.9. The highest BCUT2D eigenvalue weighted by Crippen LogP contribution is 2.17. The molecule has 0 aliphatic carbocycles.